The Morgan fingerprint density at radius 2 is 1.84 bits per heavy atom. The van der Waals surface area contributed by atoms with E-state index in [2.05, 4.69) is 15.4 Å². The highest BCUT2D eigenvalue weighted by atomic mass is 32.2. The van der Waals surface area contributed by atoms with Crippen LogP contribution in [0.4, 0.5) is 14.5 Å². The lowest BCUT2D eigenvalue weighted by molar-refractivity contribution is -0.116. The van der Waals surface area contributed by atoms with Crippen molar-refractivity contribution in [2.24, 2.45) is 5.73 Å². The van der Waals surface area contributed by atoms with Gasteiger partial charge in [0.15, 0.2) is 5.16 Å². The van der Waals surface area contributed by atoms with Gasteiger partial charge in [-0.25, -0.2) is 9.67 Å². The van der Waals surface area contributed by atoms with Crippen LogP contribution in [-0.2, 0) is 11.3 Å². The van der Waals surface area contributed by atoms with Crippen molar-refractivity contribution in [2.45, 2.75) is 17.5 Å². The predicted octanol–water partition coefficient (Wildman–Crippen LogP) is 3.27. The van der Waals surface area contributed by atoms with Gasteiger partial charge in [-0.3, -0.25) is 9.59 Å². The number of para-hydroxylation sites is 2. The number of nitrogens with two attached hydrogens (primary N) is 1. The number of hydrogen-bond donors (Lipinski definition) is 2. The molecule has 8 nitrogen and oxygen atoms in total. The number of nitrogens with zero attached hydrogens (tertiary/aromatic N) is 4. The molecule has 0 spiro atoms. The van der Waals surface area contributed by atoms with E-state index in [9.17, 15) is 18.4 Å². The van der Waals surface area contributed by atoms with Gasteiger partial charge in [-0.2, -0.15) is 13.9 Å². The van der Waals surface area contributed by atoms with Crippen molar-refractivity contribution in [3.63, 3.8) is 0 Å². The second-order valence-electron chi connectivity index (χ2n) is 6.45. The van der Waals surface area contributed by atoms with E-state index in [1.807, 2.05) is 0 Å². The fourth-order valence-electron chi connectivity index (χ4n) is 3.02. The summed E-state index contributed by atoms with van der Waals surface area (Å²) in [6.45, 7) is -0.168. The second kappa shape index (κ2) is 8.56. The number of benzene rings is 2. The molecule has 4 aromatic rings. The van der Waals surface area contributed by atoms with E-state index in [4.69, 9.17) is 5.73 Å². The molecule has 3 N–H and O–H groups in total. The molecule has 31 heavy (non-hydrogen) atoms. The van der Waals surface area contributed by atoms with Crippen molar-refractivity contribution in [1.29, 1.82) is 0 Å². The van der Waals surface area contributed by atoms with Crippen LogP contribution in [0.2, 0.25) is 0 Å². The molecule has 0 aliphatic carbocycles. The quantitative estimate of drug-likeness (QED) is 0.427. The Kier molecular flexibility index (Phi) is 5.67. The molecule has 0 aliphatic heterocycles. The zero-order valence-corrected chi connectivity index (χ0v) is 16.7. The van der Waals surface area contributed by atoms with Gasteiger partial charge in [0.1, 0.15) is 12.2 Å². The standard InChI is InChI=1S/C20H16F2N6O2S/c21-19(22)31-20-25-14-3-1-2-4-16(14)27(20)11-17(29)24-12-5-7-13(8-6-12)28-10-9-15(26-28)18(23)30/h1-10,19H,11H2,(H2,23,30)(H,24,29). The van der Waals surface area contributed by atoms with Gasteiger partial charge in [-0.15, -0.1) is 0 Å². The molecular formula is C20H16F2N6O2S. The summed E-state index contributed by atoms with van der Waals surface area (Å²) in [6, 6.07) is 15.2. The van der Waals surface area contributed by atoms with Crippen LogP contribution >= 0.6 is 11.8 Å². The van der Waals surface area contributed by atoms with Crippen LogP contribution in [-0.4, -0.2) is 36.9 Å². The summed E-state index contributed by atoms with van der Waals surface area (Å²) in [6.07, 6.45) is 1.60. The van der Waals surface area contributed by atoms with Crippen molar-refractivity contribution >= 4 is 40.3 Å². The molecule has 0 radical (unpaired) electrons. The minimum absolute atomic E-state index is 0.0747. The number of aromatic nitrogens is 4. The molecule has 2 aromatic carbocycles. The Morgan fingerprint density at radius 3 is 2.52 bits per heavy atom. The van der Waals surface area contributed by atoms with Crippen molar-refractivity contribution < 1.29 is 18.4 Å². The van der Waals surface area contributed by atoms with Crippen molar-refractivity contribution in [1.82, 2.24) is 19.3 Å². The largest absolute Gasteiger partial charge is 0.364 e. The van der Waals surface area contributed by atoms with E-state index >= 15 is 0 Å². The molecule has 4 rings (SSSR count). The van der Waals surface area contributed by atoms with Crippen LogP contribution in [0.5, 0.6) is 0 Å². The number of hydrogen-bond acceptors (Lipinski definition) is 5. The number of halogens is 2. The van der Waals surface area contributed by atoms with Gasteiger partial charge in [-0.1, -0.05) is 12.1 Å². The second-order valence-corrected chi connectivity index (χ2v) is 7.41. The first-order valence-corrected chi connectivity index (χ1v) is 9.94. The van der Waals surface area contributed by atoms with Crippen LogP contribution in [0.3, 0.4) is 0 Å². The minimum atomic E-state index is -2.65. The first-order valence-electron chi connectivity index (χ1n) is 9.06. The molecule has 0 fully saturated rings. The summed E-state index contributed by atoms with van der Waals surface area (Å²) in [5, 5.41) is 6.88. The Hall–Kier alpha value is -3.73. The summed E-state index contributed by atoms with van der Waals surface area (Å²) in [5.74, 6) is -3.66. The highest BCUT2D eigenvalue weighted by Crippen LogP contribution is 2.28. The fourth-order valence-corrected chi connectivity index (χ4v) is 3.62. The van der Waals surface area contributed by atoms with Crippen LogP contribution in [0.25, 0.3) is 16.7 Å². The number of alkyl halides is 2. The summed E-state index contributed by atoms with van der Waals surface area (Å²) >= 11 is 0.299. The summed E-state index contributed by atoms with van der Waals surface area (Å²) in [4.78, 5) is 27.9. The molecule has 11 heteroatoms. The summed E-state index contributed by atoms with van der Waals surface area (Å²) < 4.78 is 28.8. The molecule has 158 valence electrons. The molecule has 0 saturated carbocycles. The van der Waals surface area contributed by atoms with E-state index in [-0.39, 0.29) is 23.3 Å². The minimum Gasteiger partial charge on any atom is -0.364 e. The molecule has 2 amide bonds. The van der Waals surface area contributed by atoms with Crippen molar-refractivity contribution in [3.05, 3.63) is 66.5 Å². The van der Waals surface area contributed by atoms with Crippen molar-refractivity contribution in [3.8, 4) is 5.69 Å². The normalized spacial score (nSPS) is 11.2. The van der Waals surface area contributed by atoms with Gasteiger partial charge in [-0.05, 0) is 54.2 Å². The van der Waals surface area contributed by atoms with Gasteiger partial charge >= 0.3 is 0 Å². The Balaban J connectivity index is 1.49. The Labute approximate surface area is 179 Å². The van der Waals surface area contributed by atoms with Gasteiger partial charge in [0.05, 0.1) is 16.7 Å². The van der Waals surface area contributed by atoms with E-state index in [1.165, 1.54) is 15.3 Å². The molecule has 0 unspecified atom stereocenters. The van der Waals surface area contributed by atoms with Gasteiger partial charge in [0.2, 0.25) is 5.91 Å². The predicted molar refractivity (Wildman–Crippen MR) is 112 cm³/mol. The van der Waals surface area contributed by atoms with Gasteiger partial charge < -0.3 is 15.6 Å². The third kappa shape index (κ3) is 4.56. The number of anilines is 1. The number of rotatable bonds is 7. The lowest BCUT2D eigenvalue weighted by Gasteiger charge is -2.10. The van der Waals surface area contributed by atoms with Crippen LogP contribution < -0.4 is 11.1 Å². The zero-order valence-electron chi connectivity index (χ0n) is 15.9. The fraction of sp³-hybridized carbons (Fsp3) is 0.100. The lowest BCUT2D eigenvalue weighted by Crippen LogP contribution is -2.19. The molecule has 0 saturated heterocycles. The number of primary amides is 1. The molecular weight excluding hydrogens is 426 g/mol. The number of thioether (sulfide) groups is 1. The third-order valence-corrected chi connectivity index (χ3v) is 5.07. The number of carbonyl (C=O) groups excluding carboxylic acids is 2. The van der Waals surface area contributed by atoms with E-state index in [0.717, 1.165) is 0 Å². The van der Waals surface area contributed by atoms with Crippen molar-refractivity contribution in [2.75, 3.05) is 5.32 Å². The molecule has 0 bridgehead atoms. The molecule has 0 atom stereocenters. The molecule has 2 heterocycles. The lowest BCUT2D eigenvalue weighted by atomic mass is 10.2. The summed E-state index contributed by atoms with van der Waals surface area (Å²) in [5.41, 5.74) is 7.66. The first-order chi connectivity index (χ1) is 14.9. The third-order valence-electron chi connectivity index (χ3n) is 4.37. The molecule has 2 aromatic heterocycles. The smallest absolute Gasteiger partial charge is 0.291 e. The SMILES string of the molecule is NC(=O)c1ccn(-c2ccc(NC(=O)Cn3c(SC(F)F)nc4ccccc43)cc2)n1. The Morgan fingerprint density at radius 1 is 1.10 bits per heavy atom. The number of imidazole rings is 1. The van der Waals surface area contributed by atoms with Crippen LogP contribution in [0.15, 0.2) is 66.0 Å². The average Bonchev–Trinajstić information content (AvgIpc) is 3.34. The van der Waals surface area contributed by atoms with E-state index in [0.29, 0.717) is 34.2 Å². The number of amides is 2. The topological polar surface area (TPSA) is 108 Å². The van der Waals surface area contributed by atoms with E-state index in [1.54, 1.807) is 54.7 Å². The number of nitrogens with one attached hydrogen (secondary N) is 1. The van der Waals surface area contributed by atoms with E-state index < -0.39 is 11.7 Å². The highest BCUT2D eigenvalue weighted by molar-refractivity contribution is 7.99. The van der Waals surface area contributed by atoms with Crippen LogP contribution in [0.1, 0.15) is 10.5 Å². The maximum atomic E-state index is 12.9. The van der Waals surface area contributed by atoms with Gasteiger partial charge in [0.25, 0.3) is 11.7 Å². The zero-order chi connectivity index (χ0) is 22.0. The van der Waals surface area contributed by atoms with Crippen LogP contribution in [0, 0.1) is 0 Å². The summed E-state index contributed by atoms with van der Waals surface area (Å²) in [7, 11) is 0. The average molecular weight is 442 g/mol. The molecule has 0 aliphatic rings. The highest BCUT2D eigenvalue weighted by Gasteiger charge is 2.18. The maximum absolute atomic E-state index is 12.9. The number of carbonyl (C=O) groups is 2. The number of fused-ring (bicyclic) bond motifs is 1. The maximum Gasteiger partial charge on any atom is 0.291 e. The first kappa shape index (κ1) is 20.5. The monoisotopic (exact) mass is 442 g/mol. The Bertz CT molecular complexity index is 1250. The van der Waals surface area contributed by atoms with Gasteiger partial charge in [0, 0.05) is 11.9 Å².